The molecule has 118 valence electrons. The van der Waals surface area contributed by atoms with Crippen LogP contribution in [0.2, 0.25) is 10.2 Å². The van der Waals surface area contributed by atoms with Gasteiger partial charge < -0.3 is 9.84 Å². The third-order valence-electron chi connectivity index (χ3n) is 3.13. The zero-order chi connectivity index (χ0) is 16.4. The molecule has 0 unspecified atom stereocenters. The van der Waals surface area contributed by atoms with Crippen molar-refractivity contribution in [2.75, 3.05) is 0 Å². The molecule has 0 fully saturated rings. The minimum absolute atomic E-state index is 0.128. The zero-order valence-electron chi connectivity index (χ0n) is 12.0. The lowest BCUT2D eigenvalue weighted by Gasteiger charge is -1.99. The van der Waals surface area contributed by atoms with Crippen LogP contribution >= 0.6 is 34.7 Å². The van der Waals surface area contributed by atoms with Crippen LogP contribution in [0.3, 0.4) is 0 Å². The van der Waals surface area contributed by atoms with E-state index in [0.29, 0.717) is 11.5 Å². The molecule has 0 spiro atoms. The van der Waals surface area contributed by atoms with Gasteiger partial charge in [0.05, 0.1) is 6.54 Å². The first-order chi connectivity index (χ1) is 11.0. The van der Waals surface area contributed by atoms with E-state index in [1.165, 1.54) is 5.56 Å². The molecule has 0 aliphatic rings. The van der Waals surface area contributed by atoms with Gasteiger partial charge >= 0.3 is 0 Å². The molecular formula is C15H11Cl2N3O2S. The zero-order valence-corrected chi connectivity index (χ0v) is 14.3. The summed E-state index contributed by atoms with van der Waals surface area (Å²) in [6, 6.07) is 9.72. The minimum Gasteiger partial charge on any atom is -0.359 e. The Balaban J connectivity index is 1.66. The Morgan fingerprint density at radius 1 is 1.30 bits per heavy atom. The summed E-state index contributed by atoms with van der Waals surface area (Å²) in [7, 11) is 0. The van der Waals surface area contributed by atoms with Gasteiger partial charge in [-0.3, -0.25) is 4.79 Å². The van der Waals surface area contributed by atoms with Gasteiger partial charge in [0, 0.05) is 11.6 Å². The molecule has 1 N–H and O–H groups in total. The van der Waals surface area contributed by atoms with E-state index in [-0.39, 0.29) is 27.5 Å². The molecule has 3 rings (SSSR count). The molecule has 2 aromatic heterocycles. The third-order valence-corrected chi connectivity index (χ3v) is 4.93. The number of aromatic nitrogens is 2. The highest BCUT2D eigenvalue weighted by Gasteiger charge is 2.17. The molecule has 3 aromatic rings. The standard InChI is InChI=1S/C15H11Cl2N3O2S/c1-8-2-4-9(5-3-8)11-6-10(22-19-11)7-18-15(21)13-12(16)14(17)20-23-13/h2-6H,7H2,1H3,(H,18,21). The molecule has 0 aliphatic carbocycles. The number of hydrogen-bond acceptors (Lipinski definition) is 5. The van der Waals surface area contributed by atoms with E-state index in [2.05, 4.69) is 14.8 Å². The average molecular weight is 368 g/mol. The molecule has 0 saturated carbocycles. The number of nitrogens with one attached hydrogen (secondary N) is 1. The fraction of sp³-hybridized carbons (Fsp3) is 0.133. The van der Waals surface area contributed by atoms with Gasteiger partial charge in [0.15, 0.2) is 10.9 Å². The van der Waals surface area contributed by atoms with Gasteiger partial charge in [0.25, 0.3) is 5.91 Å². The van der Waals surface area contributed by atoms with Gasteiger partial charge in [-0.15, -0.1) is 0 Å². The Hall–Kier alpha value is -1.89. The highest BCUT2D eigenvalue weighted by molar-refractivity contribution is 7.09. The first kappa shape index (κ1) is 16.0. The second-order valence-electron chi connectivity index (χ2n) is 4.84. The summed E-state index contributed by atoms with van der Waals surface area (Å²) >= 11 is 12.6. The first-order valence-electron chi connectivity index (χ1n) is 6.66. The van der Waals surface area contributed by atoms with Gasteiger partial charge in [-0.05, 0) is 18.5 Å². The number of nitrogens with zero attached hydrogens (tertiary/aromatic N) is 2. The number of carbonyl (C=O) groups is 1. The summed E-state index contributed by atoms with van der Waals surface area (Å²) in [5.41, 5.74) is 2.84. The van der Waals surface area contributed by atoms with Crippen molar-refractivity contribution in [3.63, 3.8) is 0 Å². The van der Waals surface area contributed by atoms with Gasteiger partial charge in [-0.1, -0.05) is 58.2 Å². The summed E-state index contributed by atoms with van der Waals surface area (Å²) in [4.78, 5) is 12.3. The Bertz CT molecular complexity index is 843. The average Bonchev–Trinajstić information content (AvgIpc) is 3.14. The molecule has 5 nitrogen and oxygen atoms in total. The highest BCUT2D eigenvalue weighted by atomic mass is 35.5. The summed E-state index contributed by atoms with van der Waals surface area (Å²) in [6.45, 7) is 2.22. The number of carbonyl (C=O) groups excluding carboxylic acids is 1. The van der Waals surface area contributed by atoms with Gasteiger partial charge in [-0.2, -0.15) is 4.37 Å². The van der Waals surface area contributed by atoms with Crippen LogP contribution in [0.15, 0.2) is 34.9 Å². The van der Waals surface area contributed by atoms with Crippen LogP contribution in [0, 0.1) is 6.92 Å². The van der Waals surface area contributed by atoms with E-state index in [9.17, 15) is 4.79 Å². The van der Waals surface area contributed by atoms with Crippen LogP contribution in [0.4, 0.5) is 0 Å². The SMILES string of the molecule is Cc1ccc(-c2cc(CNC(=O)c3snc(Cl)c3Cl)on2)cc1. The first-order valence-corrected chi connectivity index (χ1v) is 8.19. The molecule has 0 bridgehead atoms. The van der Waals surface area contributed by atoms with Crippen molar-refractivity contribution in [2.45, 2.75) is 13.5 Å². The lowest BCUT2D eigenvalue weighted by atomic mass is 10.1. The van der Waals surface area contributed by atoms with Crippen LogP contribution in [-0.4, -0.2) is 15.4 Å². The summed E-state index contributed by atoms with van der Waals surface area (Å²) in [5, 5.41) is 6.99. The van der Waals surface area contributed by atoms with Crippen molar-refractivity contribution < 1.29 is 9.32 Å². The maximum Gasteiger partial charge on any atom is 0.264 e. The molecule has 0 radical (unpaired) electrons. The van der Waals surface area contributed by atoms with Crippen LogP contribution in [0.5, 0.6) is 0 Å². The summed E-state index contributed by atoms with van der Waals surface area (Å²) in [5.74, 6) is 0.188. The van der Waals surface area contributed by atoms with Crippen LogP contribution in [0.25, 0.3) is 11.3 Å². The van der Waals surface area contributed by atoms with E-state index in [1.54, 1.807) is 6.07 Å². The fourth-order valence-corrected chi connectivity index (χ4v) is 3.04. The molecule has 0 aliphatic heterocycles. The smallest absolute Gasteiger partial charge is 0.264 e. The van der Waals surface area contributed by atoms with Crippen LogP contribution in [0.1, 0.15) is 21.0 Å². The molecule has 1 aromatic carbocycles. The van der Waals surface area contributed by atoms with Crippen molar-refractivity contribution in [3.8, 4) is 11.3 Å². The van der Waals surface area contributed by atoms with Crippen molar-refractivity contribution >= 4 is 40.6 Å². The van der Waals surface area contributed by atoms with Gasteiger partial charge in [-0.25, -0.2) is 0 Å². The van der Waals surface area contributed by atoms with E-state index >= 15 is 0 Å². The van der Waals surface area contributed by atoms with Gasteiger partial charge in [0.1, 0.15) is 15.6 Å². The molecule has 2 heterocycles. The van der Waals surface area contributed by atoms with E-state index < -0.39 is 0 Å². The summed E-state index contributed by atoms with van der Waals surface area (Å²) < 4.78 is 9.06. The topological polar surface area (TPSA) is 68.0 Å². The van der Waals surface area contributed by atoms with Crippen molar-refractivity contribution in [1.82, 2.24) is 14.8 Å². The highest BCUT2D eigenvalue weighted by Crippen LogP contribution is 2.28. The monoisotopic (exact) mass is 367 g/mol. The molecule has 23 heavy (non-hydrogen) atoms. The summed E-state index contributed by atoms with van der Waals surface area (Å²) in [6.07, 6.45) is 0. The quantitative estimate of drug-likeness (QED) is 0.744. The second-order valence-corrected chi connectivity index (χ2v) is 6.35. The van der Waals surface area contributed by atoms with Crippen molar-refractivity contribution in [2.24, 2.45) is 0 Å². The number of halogens is 2. The predicted octanol–water partition coefficient (Wildman–Crippen LogP) is 4.34. The molecule has 0 atom stereocenters. The fourth-order valence-electron chi connectivity index (χ4n) is 1.91. The number of rotatable bonds is 4. The number of amides is 1. The van der Waals surface area contributed by atoms with Crippen LogP contribution < -0.4 is 5.32 Å². The lowest BCUT2D eigenvalue weighted by Crippen LogP contribution is -2.21. The number of benzene rings is 1. The predicted molar refractivity (Wildman–Crippen MR) is 90.0 cm³/mol. The molecular weight excluding hydrogens is 357 g/mol. The lowest BCUT2D eigenvalue weighted by molar-refractivity contribution is 0.0951. The Labute approximate surface area is 146 Å². The number of hydrogen-bond donors (Lipinski definition) is 1. The largest absolute Gasteiger partial charge is 0.359 e. The molecule has 0 saturated heterocycles. The van der Waals surface area contributed by atoms with Gasteiger partial charge in [0.2, 0.25) is 0 Å². The Kier molecular flexibility index (Phi) is 4.66. The van der Waals surface area contributed by atoms with Crippen LogP contribution in [-0.2, 0) is 6.54 Å². The van der Waals surface area contributed by atoms with E-state index in [1.807, 2.05) is 31.2 Å². The van der Waals surface area contributed by atoms with E-state index in [0.717, 1.165) is 17.1 Å². The maximum atomic E-state index is 12.0. The maximum absolute atomic E-state index is 12.0. The molecule has 8 heteroatoms. The normalized spacial score (nSPS) is 10.7. The minimum atomic E-state index is -0.354. The Morgan fingerprint density at radius 3 is 2.70 bits per heavy atom. The molecule has 1 amide bonds. The third kappa shape index (κ3) is 3.55. The van der Waals surface area contributed by atoms with Crippen molar-refractivity contribution in [3.05, 3.63) is 56.7 Å². The number of aryl methyl sites for hydroxylation is 1. The van der Waals surface area contributed by atoms with Crippen molar-refractivity contribution in [1.29, 1.82) is 0 Å². The second kappa shape index (κ2) is 6.70. The Morgan fingerprint density at radius 2 is 2.04 bits per heavy atom. The van der Waals surface area contributed by atoms with E-state index in [4.69, 9.17) is 27.7 Å².